The number of aliphatic hydroxyl groups is 1. The predicted octanol–water partition coefficient (Wildman–Crippen LogP) is 2.97. The Balaban J connectivity index is 2.07. The molecular formula is C17H22ClN3O2. The van der Waals surface area contributed by atoms with Gasteiger partial charge in [0.2, 0.25) is 0 Å². The summed E-state index contributed by atoms with van der Waals surface area (Å²) >= 11 is 6.00. The van der Waals surface area contributed by atoms with Crippen LogP contribution in [-0.4, -0.2) is 33.4 Å². The summed E-state index contributed by atoms with van der Waals surface area (Å²) in [4.78, 5) is 12.2. The van der Waals surface area contributed by atoms with Crippen LogP contribution in [0.15, 0.2) is 30.3 Å². The molecule has 0 spiro atoms. The first kappa shape index (κ1) is 17.5. The van der Waals surface area contributed by atoms with Crippen molar-refractivity contribution < 1.29 is 9.90 Å². The van der Waals surface area contributed by atoms with Crippen LogP contribution in [0.2, 0.25) is 5.02 Å². The molecule has 1 aromatic carbocycles. The van der Waals surface area contributed by atoms with Crippen LogP contribution in [0.1, 0.15) is 36.5 Å². The van der Waals surface area contributed by atoms with Gasteiger partial charge in [-0.3, -0.25) is 4.79 Å². The summed E-state index contributed by atoms with van der Waals surface area (Å²) in [7, 11) is 0. The smallest absolute Gasteiger partial charge is 0.271 e. The van der Waals surface area contributed by atoms with Crippen molar-refractivity contribution >= 4 is 17.5 Å². The molecule has 0 unspecified atom stereocenters. The lowest BCUT2D eigenvalue weighted by atomic mass is 10.0. The lowest BCUT2D eigenvalue weighted by molar-refractivity contribution is 0.0934. The first-order chi connectivity index (χ1) is 10.9. The van der Waals surface area contributed by atoms with Gasteiger partial charge in [0.1, 0.15) is 0 Å². The molecule has 5 nitrogen and oxygen atoms in total. The minimum atomic E-state index is -0.369. The summed E-state index contributed by atoms with van der Waals surface area (Å²) in [5.74, 6) is -0.0126. The number of carbonyl (C=O) groups is 1. The number of benzene rings is 1. The Labute approximate surface area is 141 Å². The van der Waals surface area contributed by atoms with E-state index in [-0.39, 0.29) is 17.9 Å². The third kappa shape index (κ3) is 4.81. The number of amides is 1. The van der Waals surface area contributed by atoms with Crippen LogP contribution in [0.5, 0.6) is 0 Å². The maximum atomic E-state index is 12.2. The molecule has 2 N–H and O–H groups in total. The number of halogens is 1. The lowest BCUT2D eigenvalue weighted by Gasteiger charge is -2.13. The highest BCUT2D eigenvalue weighted by atomic mass is 35.5. The van der Waals surface area contributed by atoms with E-state index >= 15 is 0 Å². The van der Waals surface area contributed by atoms with E-state index in [1.165, 1.54) is 0 Å². The van der Waals surface area contributed by atoms with Crippen LogP contribution in [0.3, 0.4) is 0 Å². The first-order valence-corrected chi connectivity index (χ1v) is 8.03. The number of aliphatic hydroxyl groups excluding tert-OH is 1. The van der Waals surface area contributed by atoms with E-state index in [4.69, 9.17) is 11.6 Å². The van der Waals surface area contributed by atoms with Crippen LogP contribution in [0.25, 0.3) is 5.69 Å². The van der Waals surface area contributed by atoms with Gasteiger partial charge in [-0.2, -0.15) is 5.10 Å². The summed E-state index contributed by atoms with van der Waals surface area (Å²) in [6, 6.07) is 9.07. The predicted molar refractivity (Wildman–Crippen MR) is 91.1 cm³/mol. The molecule has 2 atom stereocenters. The van der Waals surface area contributed by atoms with Crippen molar-refractivity contribution in [3.63, 3.8) is 0 Å². The van der Waals surface area contributed by atoms with E-state index in [1.54, 1.807) is 29.8 Å². The summed E-state index contributed by atoms with van der Waals surface area (Å²) in [5, 5.41) is 17.2. The van der Waals surface area contributed by atoms with E-state index in [9.17, 15) is 9.90 Å². The Morgan fingerprint density at radius 2 is 2.13 bits per heavy atom. The molecule has 0 bridgehead atoms. The molecule has 1 amide bonds. The zero-order chi connectivity index (χ0) is 17.0. The van der Waals surface area contributed by atoms with Crippen LogP contribution in [-0.2, 0) is 0 Å². The van der Waals surface area contributed by atoms with Crippen molar-refractivity contribution in [1.29, 1.82) is 0 Å². The van der Waals surface area contributed by atoms with Gasteiger partial charge in [0.25, 0.3) is 5.91 Å². The molecule has 2 aromatic rings. The molecule has 124 valence electrons. The second kappa shape index (κ2) is 7.62. The molecule has 0 saturated carbocycles. The highest BCUT2D eigenvalue weighted by Crippen LogP contribution is 2.17. The fraction of sp³-hybridized carbons (Fsp3) is 0.412. The van der Waals surface area contributed by atoms with Gasteiger partial charge in [0, 0.05) is 17.3 Å². The molecule has 1 aromatic heterocycles. The molecule has 0 saturated heterocycles. The number of nitrogens with one attached hydrogen (secondary N) is 1. The van der Waals surface area contributed by atoms with Gasteiger partial charge in [-0.25, -0.2) is 4.68 Å². The Bertz CT molecular complexity index is 682. The SMILES string of the molecule is Cc1cc(C(=O)NC[C@@H](C)C[C@@H](C)O)nn1-c1cccc(Cl)c1. The van der Waals surface area contributed by atoms with Crippen molar-refractivity contribution in [2.75, 3.05) is 6.54 Å². The number of nitrogens with zero attached hydrogens (tertiary/aromatic N) is 2. The molecule has 6 heteroatoms. The molecule has 0 radical (unpaired) electrons. The maximum Gasteiger partial charge on any atom is 0.271 e. The Morgan fingerprint density at radius 1 is 1.39 bits per heavy atom. The second-order valence-corrected chi connectivity index (χ2v) is 6.40. The number of hydrogen-bond donors (Lipinski definition) is 2. The fourth-order valence-corrected chi connectivity index (χ4v) is 2.66. The average molecular weight is 336 g/mol. The summed E-state index contributed by atoms with van der Waals surface area (Å²) < 4.78 is 1.69. The number of hydrogen-bond acceptors (Lipinski definition) is 3. The molecule has 2 rings (SSSR count). The molecule has 0 fully saturated rings. The summed E-state index contributed by atoms with van der Waals surface area (Å²) in [6.45, 7) is 6.13. The largest absolute Gasteiger partial charge is 0.393 e. The highest BCUT2D eigenvalue weighted by Gasteiger charge is 2.15. The van der Waals surface area contributed by atoms with E-state index in [0.717, 1.165) is 11.4 Å². The van der Waals surface area contributed by atoms with Gasteiger partial charge < -0.3 is 10.4 Å². The number of rotatable bonds is 6. The van der Waals surface area contributed by atoms with E-state index in [1.807, 2.05) is 26.0 Å². The molecule has 0 aliphatic heterocycles. The average Bonchev–Trinajstić information content (AvgIpc) is 2.86. The van der Waals surface area contributed by atoms with E-state index in [0.29, 0.717) is 23.7 Å². The molecule has 1 heterocycles. The number of carbonyl (C=O) groups excluding carboxylic acids is 1. The molecule has 0 aliphatic carbocycles. The molecular weight excluding hydrogens is 314 g/mol. The van der Waals surface area contributed by atoms with Crippen molar-refractivity contribution in [3.8, 4) is 5.69 Å². The van der Waals surface area contributed by atoms with Crippen LogP contribution < -0.4 is 5.32 Å². The fourth-order valence-electron chi connectivity index (χ4n) is 2.48. The standard InChI is InChI=1S/C17H22ClN3O2/c1-11(7-13(3)22)10-19-17(23)16-8-12(2)21(20-16)15-6-4-5-14(18)9-15/h4-6,8-9,11,13,22H,7,10H2,1-3H3,(H,19,23)/t11-,13+/m0/s1. The van der Waals surface area contributed by atoms with Gasteiger partial charge in [-0.15, -0.1) is 0 Å². The number of aromatic nitrogens is 2. The highest BCUT2D eigenvalue weighted by molar-refractivity contribution is 6.30. The quantitative estimate of drug-likeness (QED) is 0.852. The maximum absolute atomic E-state index is 12.2. The monoisotopic (exact) mass is 335 g/mol. The van der Waals surface area contributed by atoms with Crippen LogP contribution >= 0.6 is 11.6 Å². The topological polar surface area (TPSA) is 67.2 Å². The number of aryl methyl sites for hydroxylation is 1. The van der Waals surface area contributed by atoms with Gasteiger partial charge in [0.05, 0.1) is 11.8 Å². The van der Waals surface area contributed by atoms with Crippen molar-refractivity contribution in [2.24, 2.45) is 5.92 Å². The van der Waals surface area contributed by atoms with E-state index < -0.39 is 0 Å². The summed E-state index contributed by atoms with van der Waals surface area (Å²) in [6.07, 6.45) is 0.280. The van der Waals surface area contributed by atoms with Gasteiger partial charge in [0.15, 0.2) is 5.69 Å². The lowest BCUT2D eigenvalue weighted by Crippen LogP contribution is -2.29. The third-order valence-corrected chi connectivity index (χ3v) is 3.76. The van der Waals surface area contributed by atoms with Crippen molar-refractivity contribution in [3.05, 3.63) is 46.7 Å². The minimum Gasteiger partial charge on any atom is -0.393 e. The molecule has 23 heavy (non-hydrogen) atoms. The zero-order valence-corrected chi connectivity index (χ0v) is 14.3. The van der Waals surface area contributed by atoms with E-state index in [2.05, 4.69) is 10.4 Å². The Hall–Kier alpha value is -1.85. The Morgan fingerprint density at radius 3 is 2.78 bits per heavy atom. The second-order valence-electron chi connectivity index (χ2n) is 5.96. The van der Waals surface area contributed by atoms with Crippen molar-refractivity contribution in [1.82, 2.24) is 15.1 Å². The van der Waals surface area contributed by atoms with Gasteiger partial charge in [-0.1, -0.05) is 24.6 Å². The normalized spacial score (nSPS) is 13.6. The van der Waals surface area contributed by atoms with Crippen LogP contribution in [0, 0.1) is 12.8 Å². The zero-order valence-electron chi connectivity index (χ0n) is 13.6. The third-order valence-electron chi connectivity index (χ3n) is 3.53. The minimum absolute atomic E-state index is 0.204. The van der Waals surface area contributed by atoms with Gasteiger partial charge in [-0.05, 0) is 50.5 Å². The molecule has 0 aliphatic rings. The van der Waals surface area contributed by atoms with Gasteiger partial charge >= 0.3 is 0 Å². The summed E-state index contributed by atoms with van der Waals surface area (Å²) in [5.41, 5.74) is 2.04. The van der Waals surface area contributed by atoms with Crippen LogP contribution in [0.4, 0.5) is 0 Å². The first-order valence-electron chi connectivity index (χ1n) is 7.65. The Kier molecular flexibility index (Phi) is 5.80. The van der Waals surface area contributed by atoms with Crippen molar-refractivity contribution in [2.45, 2.75) is 33.3 Å².